The molecule has 3 fully saturated rings. The van der Waals surface area contributed by atoms with Gasteiger partial charge in [0.1, 0.15) is 22.5 Å². The molecular formula is C40H45FN2O10. The Hall–Kier alpha value is -4.62. The van der Waals surface area contributed by atoms with Crippen LogP contribution in [0.15, 0.2) is 49.6 Å². The highest BCUT2D eigenvalue weighted by molar-refractivity contribution is 6.08. The van der Waals surface area contributed by atoms with E-state index in [0.717, 1.165) is 0 Å². The van der Waals surface area contributed by atoms with E-state index in [1.54, 1.807) is 53.7 Å². The molecule has 13 heteroatoms. The molecule has 2 amide bonds. The Balaban J connectivity index is 0.978. The Bertz CT molecular complexity index is 2220. The summed E-state index contributed by atoms with van der Waals surface area (Å²) in [4.78, 5) is 63.4. The van der Waals surface area contributed by atoms with Crippen LogP contribution in [0, 0.1) is 49.4 Å². The summed E-state index contributed by atoms with van der Waals surface area (Å²) >= 11 is 0. The van der Waals surface area contributed by atoms with E-state index in [4.69, 9.17) is 13.6 Å². The molecule has 0 aliphatic heterocycles. The number of alkyl carbamates (subject to hydrolysis) is 1. The zero-order valence-electron chi connectivity index (χ0n) is 30.7. The highest BCUT2D eigenvalue weighted by Crippen LogP contribution is 2.70. The molecule has 4 N–H and O–H groups in total. The zero-order chi connectivity index (χ0) is 38.4. The first-order valence-electron chi connectivity index (χ1n) is 18.1. The molecule has 4 aliphatic rings. The standard InChI is InChI=1S/C40H45FN2O10/c1-19-13-32(48)53-34-21(3)35-26(16-25(19)34)33(22(4)52-35)43-31(47)10-12-42-36(49)51-18-30(46)40(50)20(2)14-28-27-8-7-23-15-24(44)9-11-37(23,5)39(27,41)29(45)17-38(28,40)6/h9,11,13,15-16,20,27-29,45,50H,7-8,10,12,14,17-18H2,1-6H3,(H,42,49)(H,43,47)/t20-,27?,28?,29?,37?,38?,39+,40+/m1/s1. The number of fused-ring (bicyclic) bond motifs is 7. The van der Waals surface area contributed by atoms with Gasteiger partial charge in [0.2, 0.25) is 11.7 Å². The molecule has 2 heterocycles. The first kappa shape index (κ1) is 36.7. The van der Waals surface area contributed by atoms with Crippen molar-refractivity contribution in [3.8, 4) is 0 Å². The fraction of sp³-hybridized carbons (Fsp3) is 0.525. The predicted molar refractivity (Wildman–Crippen MR) is 192 cm³/mol. The number of aliphatic hydroxyl groups is 2. The minimum atomic E-state index is -2.11. The topological polar surface area (TPSA) is 185 Å². The number of hydrogen-bond acceptors (Lipinski definition) is 10. The molecule has 0 bridgehead atoms. The minimum Gasteiger partial charge on any atom is -0.459 e. The Morgan fingerprint density at radius 1 is 1.06 bits per heavy atom. The van der Waals surface area contributed by atoms with Gasteiger partial charge in [0.05, 0.1) is 11.8 Å². The van der Waals surface area contributed by atoms with Gasteiger partial charge in [-0.15, -0.1) is 0 Å². The lowest BCUT2D eigenvalue weighted by Gasteiger charge is -2.62. The van der Waals surface area contributed by atoms with Crippen LogP contribution >= 0.6 is 0 Å². The summed E-state index contributed by atoms with van der Waals surface area (Å²) in [7, 11) is 0. The molecule has 8 atom stereocenters. The Morgan fingerprint density at radius 3 is 2.51 bits per heavy atom. The number of aliphatic hydroxyl groups excluding tert-OH is 1. The minimum absolute atomic E-state index is 0.123. The maximum atomic E-state index is 17.4. The summed E-state index contributed by atoms with van der Waals surface area (Å²) in [5.74, 6) is -2.70. The number of furan rings is 1. The van der Waals surface area contributed by atoms with Crippen LogP contribution in [0.3, 0.4) is 0 Å². The van der Waals surface area contributed by atoms with Gasteiger partial charge in [-0.25, -0.2) is 14.0 Å². The van der Waals surface area contributed by atoms with Crippen molar-refractivity contribution in [1.29, 1.82) is 0 Å². The molecule has 4 aliphatic carbocycles. The summed E-state index contributed by atoms with van der Waals surface area (Å²) in [6.45, 7) is 9.50. The third kappa shape index (κ3) is 5.25. The van der Waals surface area contributed by atoms with Crippen LogP contribution in [-0.4, -0.2) is 64.3 Å². The summed E-state index contributed by atoms with van der Waals surface area (Å²) in [5, 5.41) is 30.3. The van der Waals surface area contributed by atoms with E-state index in [0.29, 0.717) is 69.3 Å². The Morgan fingerprint density at radius 2 is 1.77 bits per heavy atom. The van der Waals surface area contributed by atoms with Gasteiger partial charge >= 0.3 is 11.7 Å². The first-order valence-corrected chi connectivity index (χ1v) is 18.1. The second kappa shape index (κ2) is 12.5. The molecule has 2 aromatic heterocycles. The number of anilines is 1. The van der Waals surface area contributed by atoms with Crippen LogP contribution in [0.25, 0.3) is 21.9 Å². The molecule has 0 radical (unpaired) electrons. The van der Waals surface area contributed by atoms with Gasteiger partial charge in [0.15, 0.2) is 18.1 Å². The van der Waals surface area contributed by atoms with Crippen molar-refractivity contribution in [3.05, 3.63) is 63.2 Å². The Labute approximate surface area is 304 Å². The van der Waals surface area contributed by atoms with Gasteiger partial charge in [0.25, 0.3) is 0 Å². The van der Waals surface area contributed by atoms with Crippen molar-refractivity contribution < 1.29 is 47.4 Å². The molecular weight excluding hydrogens is 687 g/mol. The van der Waals surface area contributed by atoms with Crippen LogP contribution < -0.4 is 16.3 Å². The van der Waals surface area contributed by atoms with Crippen molar-refractivity contribution in [2.75, 3.05) is 18.5 Å². The molecule has 5 unspecified atom stereocenters. The van der Waals surface area contributed by atoms with Gasteiger partial charge < -0.3 is 34.4 Å². The van der Waals surface area contributed by atoms with Crippen molar-refractivity contribution in [2.45, 2.75) is 91.0 Å². The van der Waals surface area contributed by atoms with Crippen molar-refractivity contribution in [2.24, 2.45) is 28.6 Å². The van der Waals surface area contributed by atoms with Crippen LogP contribution in [0.4, 0.5) is 14.9 Å². The molecule has 1 aromatic carbocycles. The number of ketones is 2. The zero-order valence-corrected chi connectivity index (χ0v) is 30.7. The molecule has 53 heavy (non-hydrogen) atoms. The monoisotopic (exact) mass is 732 g/mol. The maximum Gasteiger partial charge on any atom is 0.407 e. The fourth-order valence-corrected chi connectivity index (χ4v) is 10.4. The quantitative estimate of drug-likeness (QED) is 0.228. The second-order valence-corrected chi connectivity index (χ2v) is 15.9. The Kier molecular flexibility index (Phi) is 8.65. The van der Waals surface area contributed by atoms with E-state index in [-0.39, 0.29) is 25.2 Å². The number of ether oxygens (including phenoxy) is 1. The lowest BCUT2D eigenvalue weighted by molar-refractivity contribution is -0.219. The summed E-state index contributed by atoms with van der Waals surface area (Å²) < 4.78 is 34.0. The lowest BCUT2D eigenvalue weighted by Crippen LogP contribution is -2.69. The van der Waals surface area contributed by atoms with Crippen LogP contribution in [0.2, 0.25) is 0 Å². The molecule has 12 nitrogen and oxygen atoms in total. The number of Topliss-reactive ketones (excluding diaryl/α,β-unsaturated/α-hetero) is 1. The number of allylic oxidation sites excluding steroid dienone is 4. The van der Waals surface area contributed by atoms with Gasteiger partial charge in [-0.1, -0.05) is 25.5 Å². The molecule has 7 rings (SSSR count). The highest BCUT2D eigenvalue weighted by atomic mass is 19.1. The molecule has 3 saturated carbocycles. The fourth-order valence-electron chi connectivity index (χ4n) is 10.4. The summed E-state index contributed by atoms with van der Waals surface area (Å²) in [5.41, 5.74) is -3.70. The number of carbonyl (C=O) groups excluding carboxylic acids is 4. The lowest BCUT2D eigenvalue weighted by atomic mass is 9.44. The number of rotatable bonds is 7. The maximum absolute atomic E-state index is 17.4. The molecule has 0 saturated heterocycles. The van der Waals surface area contributed by atoms with Crippen molar-refractivity contribution in [1.82, 2.24) is 5.32 Å². The van der Waals surface area contributed by atoms with Crippen LogP contribution in [0.1, 0.15) is 69.8 Å². The van der Waals surface area contributed by atoms with E-state index >= 15 is 4.39 Å². The second-order valence-electron chi connectivity index (χ2n) is 15.9. The van der Waals surface area contributed by atoms with E-state index in [2.05, 4.69) is 10.6 Å². The SMILES string of the molecule is Cc1oc2c(C)c3oc(=O)cc(C)c3cc2c1NC(=O)CCNC(=O)OCC(=O)[C@@]1(O)[C@H](C)CC2C3CCC4=CC(=O)C=CC4(C)[C@@]3(F)C(O)CC21C. The smallest absolute Gasteiger partial charge is 0.407 e. The van der Waals surface area contributed by atoms with E-state index in [1.165, 1.54) is 18.2 Å². The average Bonchev–Trinajstić information content (AvgIpc) is 3.51. The number of hydrogen-bond donors (Lipinski definition) is 4. The number of benzene rings is 1. The number of amides is 2. The van der Waals surface area contributed by atoms with Crippen molar-refractivity contribution in [3.63, 3.8) is 0 Å². The first-order chi connectivity index (χ1) is 24.9. The van der Waals surface area contributed by atoms with E-state index < -0.39 is 76.0 Å². The van der Waals surface area contributed by atoms with Gasteiger partial charge in [0, 0.05) is 52.1 Å². The number of nitrogens with one attached hydrogen (secondary N) is 2. The normalized spacial score (nSPS) is 33.2. The predicted octanol–water partition coefficient (Wildman–Crippen LogP) is 5.44. The van der Waals surface area contributed by atoms with Gasteiger partial charge in [-0.05, 0) is 89.0 Å². The van der Waals surface area contributed by atoms with Gasteiger partial charge in [-0.3, -0.25) is 14.4 Å². The average molecular weight is 733 g/mol. The van der Waals surface area contributed by atoms with Gasteiger partial charge in [-0.2, -0.15) is 0 Å². The number of carbonyl (C=O) groups is 4. The largest absolute Gasteiger partial charge is 0.459 e. The number of aryl methyl sites for hydroxylation is 3. The van der Waals surface area contributed by atoms with Crippen LogP contribution in [-0.2, 0) is 19.1 Å². The van der Waals surface area contributed by atoms with E-state index in [9.17, 15) is 34.2 Å². The highest BCUT2D eigenvalue weighted by Gasteiger charge is 2.75. The molecule has 0 spiro atoms. The van der Waals surface area contributed by atoms with Crippen LogP contribution in [0.5, 0.6) is 0 Å². The molecule has 282 valence electrons. The van der Waals surface area contributed by atoms with E-state index in [1.807, 2.05) is 0 Å². The third-order valence-electron chi connectivity index (χ3n) is 13.2. The molecule has 3 aromatic rings. The summed E-state index contributed by atoms with van der Waals surface area (Å²) in [6.07, 6.45) is 2.67. The summed E-state index contributed by atoms with van der Waals surface area (Å²) in [6, 6.07) is 3.18. The number of halogens is 1. The van der Waals surface area contributed by atoms with Crippen molar-refractivity contribution >= 4 is 51.2 Å². The number of alkyl halides is 1. The third-order valence-corrected chi connectivity index (χ3v) is 13.2.